The van der Waals surface area contributed by atoms with Crippen LogP contribution in [0, 0.1) is 0 Å². The molecule has 1 aromatic heterocycles. The van der Waals surface area contributed by atoms with Crippen molar-refractivity contribution in [3.8, 4) is 0 Å². The van der Waals surface area contributed by atoms with Gasteiger partial charge in [0.1, 0.15) is 5.69 Å². The molecule has 0 aliphatic rings. The molecule has 2 rings (SSSR count). The molecule has 0 radical (unpaired) electrons. The summed E-state index contributed by atoms with van der Waals surface area (Å²) in [5.41, 5.74) is 1.65. The van der Waals surface area contributed by atoms with Crippen LogP contribution in [0.3, 0.4) is 0 Å². The number of nitrogens with one attached hydrogen (secondary N) is 1. The molecule has 0 atom stereocenters. The van der Waals surface area contributed by atoms with Gasteiger partial charge in [-0.15, -0.1) is 0 Å². The van der Waals surface area contributed by atoms with Crippen LogP contribution in [0.4, 0.5) is 0 Å². The van der Waals surface area contributed by atoms with Gasteiger partial charge in [-0.1, -0.05) is 18.2 Å². The van der Waals surface area contributed by atoms with Crippen LogP contribution in [-0.4, -0.2) is 54.9 Å². The van der Waals surface area contributed by atoms with E-state index in [1.807, 2.05) is 51.5 Å². The molecule has 4 nitrogen and oxygen atoms in total. The van der Waals surface area contributed by atoms with Gasteiger partial charge in [-0.05, 0) is 26.2 Å². The molecule has 18 heavy (non-hydrogen) atoms. The van der Waals surface area contributed by atoms with Crippen LogP contribution in [0.5, 0.6) is 0 Å². The summed E-state index contributed by atoms with van der Waals surface area (Å²) in [6.07, 6.45) is 0. The van der Waals surface area contributed by atoms with Crippen LogP contribution in [0.25, 0.3) is 10.9 Å². The van der Waals surface area contributed by atoms with Gasteiger partial charge in [0.05, 0.1) is 0 Å². The van der Waals surface area contributed by atoms with Crippen LogP contribution in [-0.2, 0) is 0 Å². The Hall–Kier alpha value is -1.81. The minimum atomic E-state index is 0.0352. The van der Waals surface area contributed by atoms with Gasteiger partial charge in [-0.25, -0.2) is 0 Å². The number of aromatic nitrogens is 1. The van der Waals surface area contributed by atoms with Crippen molar-refractivity contribution in [3.63, 3.8) is 0 Å². The van der Waals surface area contributed by atoms with Gasteiger partial charge in [-0.2, -0.15) is 0 Å². The third-order valence-electron chi connectivity index (χ3n) is 2.99. The highest BCUT2D eigenvalue weighted by Gasteiger charge is 2.13. The third kappa shape index (κ3) is 2.71. The van der Waals surface area contributed by atoms with E-state index in [4.69, 9.17) is 0 Å². The van der Waals surface area contributed by atoms with Gasteiger partial charge in [0.25, 0.3) is 5.91 Å². The fraction of sp³-hybridized carbons (Fsp3) is 0.357. The quantitative estimate of drug-likeness (QED) is 0.892. The minimum absolute atomic E-state index is 0.0352. The summed E-state index contributed by atoms with van der Waals surface area (Å²) in [4.78, 5) is 19.2. The SMILES string of the molecule is CN(C)CCN(C)C(=O)c1cc2ccccc2[nH]1. The Bertz CT molecular complexity index is 512. The van der Waals surface area contributed by atoms with Crippen molar-refractivity contribution in [1.82, 2.24) is 14.8 Å². The fourth-order valence-corrected chi connectivity index (χ4v) is 1.85. The molecule has 0 fully saturated rings. The van der Waals surface area contributed by atoms with Gasteiger partial charge >= 0.3 is 0 Å². The summed E-state index contributed by atoms with van der Waals surface area (Å²) in [5.74, 6) is 0.0352. The second-order valence-electron chi connectivity index (χ2n) is 4.80. The Morgan fingerprint density at radius 1 is 1.17 bits per heavy atom. The van der Waals surface area contributed by atoms with Crippen molar-refractivity contribution in [2.45, 2.75) is 0 Å². The zero-order valence-electron chi connectivity index (χ0n) is 11.1. The fourth-order valence-electron chi connectivity index (χ4n) is 1.85. The average molecular weight is 245 g/mol. The molecule has 0 aliphatic carbocycles. The van der Waals surface area contributed by atoms with Crippen LogP contribution >= 0.6 is 0 Å². The molecule has 0 saturated heterocycles. The number of hydrogen-bond acceptors (Lipinski definition) is 2. The predicted molar refractivity (Wildman–Crippen MR) is 73.8 cm³/mol. The van der Waals surface area contributed by atoms with E-state index in [0.29, 0.717) is 5.69 Å². The lowest BCUT2D eigenvalue weighted by atomic mass is 10.2. The molecule has 1 amide bonds. The number of aromatic amines is 1. The van der Waals surface area contributed by atoms with E-state index < -0.39 is 0 Å². The van der Waals surface area contributed by atoms with Crippen molar-refractivity contribution in [2.24, 2.45) is 0 Å². The molecular weight excluding hydrogens is 226 g/mol. The van der Waals surface area contributed by atoms with Gasteiger partial charge in [0.2, 0.25) is 0 Å². The maximum Gasteiger partial charge on any atom is 0.270 e. The number of likely N-dealkylation sites (N-methyl/N-ethyl adjacent to an activating group) is 2. The molecule has 0 unspecified atom stereocenters. The monoisotopic (exact) mass is 245 g/mol. The van der Waals surface area contributed by atoms with E-state index in [0.717, 1.165) is 24.0 Å². The van der Waals surface area contributed by atoms with Gasteiger partial charge < -0.3 is 14.8 Å². The van der Waals surface area contributed by atoms with E-state index in [1.54, 1.807) is 4.90 Å². The van der Waals surface area contributed by atoms with Crippen molar-refractivity contribution < 1.29 is 4.79 Å². The zero-order chi connectivity index (χ0) is 13.1. The van der Waals surface area contributed by atoms with Crippen molar-refractivity contribution in [2.75, 3.05) is 34.2 Å². The standard InChI is InChI=1S/C14H19N3O/c1-16(2)8-9-17(3)14(18)13-10-11-6-4-5-7-12(11)15-13/h4-7,10,15H,8-9H2,1-3H3. The first kappa shape index (κ1) is 12.6. The number of amides is 1. The normalized spacial score (nSPS) is 11.1. The molecule has 1 heterocycles. The topological polar surface area (TPSA) is 39.3 Å². The first-order chi connectivity index (χ1) is 8.58. The highest BCUT2D eigenvalue weighted by atomic mass is 16.2. The number of H-pyrrole nitrogens is 1. The van der Waals surface area contributed by atoms with Crippen LogP contribution < -0.4 is 0 Å². The van der Waals surface area contributed by atoms with Gasteiger partial charge in [-0.3, -0.25) is 4.79 Å². The largest absolute Gasteiger partial charge is 0.351 e. The second kappa shape index (κ2) is 5.23. The maximum absolute atomic E-state index is 12.2. The van der Waals surface area contributed by atoms with Gasteiger partial charge in [0.15, 0.2) is 0 Å². The average Bonchev–Trinajstić information content (AvgIpc) is 2.78. The molecule has 0 aliphatic heterocycles. The molecule has 0 spiro atoms. The number of benzene rings is 1. The number of rotatable bonds is 4. The Labute approximate surface area is 107 Å². The highest BCUT2D eigenvalue weighted by molar-refractivity contribution is 5.97. The Balaban J connectivity index is 2.12. The minimum Gasteiger partial charge on any atom is -0.351 e. The number of fused-ring (bicyclic) bond motifs is 1. The van der Waals surface area contributed by atoms with Crippen molar-refractivity contribution in [3.05, 3.63) is 36.0 Å². The van der Waals surface area contributed by atoms with E-state index in [2.05, 4.69) is 9.88 Å². The first-order valence-corrected chi connectivity index (χ1v) is 6.06. The summed E-state index contributed by atoms with van der Waals surface area (Å²) in [5, 5.41) is 1.07. The lowest BCUT2D eigenvalue weighted by Crippen LogP contribution is -2.33. The molecule has 2 aromatic rings. The van der Waals surface area contributed by atoms with E-state index >= 15 is 0 Å². The lowest BCUT2D eigenvalue weighted by Gasteiger charge is -2.18. The summed E-state index contributed by atoms with van der Waals surface area (Å²) in [7, 11) is 5.83. The maximum atomic E-state index is 12.2. The Morgan fingerprint density at radius 3 is 2.56 bits per heavy atom. The lowest BCUT2D eigenvalue weighted by molar-refractivity contribution is 0.0781. The number of carbonyl (C=O) groups excluding carboxylic acids is 1. The molecule has 4 heteroatoms. The summed E-state index contributed by atoms with van der Waals surface area (Å²) in [6, 6.07) is 9.82. The molecular formula is C14H19N3O. The zero-order valence-corrected chi connectivity index (χ0v) is 11.1. The molecule has 1 aromatic carbocycles. The van der Waals surface area contributed by atoms with Crippen LogP contribution in [0.15, 0.2) is 30.3 Å². The van der Waals surface area contributed by atoms with Gasteiger partial charge in [0, 0.05) is 31.0 Å². The molecule has 0 saturated carbocycles. The van der Waals surface area contributed by atoms with Crippen molar-refractivity contribution in [1.29, 1.82) is 0 Å². The Kier molecular flexibility index (Phi) is 3.67. The predicted octanol–water partition coefficient (Wildman–Crippen LogP) is 1.80. The van der Waals surface area contributed by atoms with Crippen LogP contribution in [0.2, 0.25) is 0 Å². The van der Waals surface area contributed by atoms with Crippen LogP contribution in [0.1, 0.15) is 10.5 Å². The summed E-state index contributed by atoms with van der Waals surface area (Å²) >= 11 is 0. The van der Waals surface area contributed by atoms with E-state index in [-0.39, 0.29) is 5.91 Å². The summed E-state index contributed by atoms with van der Waals surface area (Å²) < 4.78 is 0. The highest BCUT2D eigenvalue weighted by Crippen LogP contribution is 2.15. The third-order valence-corrected chi connectivity index (χ3v) is 2.99. The van der Waals surface area contributed by atoms with E-state index in [1.165, 1.54) is 0 Å². The molecule has 0 bridgehead atoms. The molecule has 96 valence electrons. The van der Waals surface area contributed by atoms with Crippen molar-refractivity contribution >= 4 is 16.8 Å². The number of para-hydroxylation sites is 1. The second-order valence-corrected chi connectivity index (χ2v) is 4.80. The number of nitrogens with zero attached hydrogens (tertiary/aromatic N) is 2. The smallest absolute Gasteiger partial charge is 0.270 e. The first-order valence-electron chi connectivity index (χ1n) is 6.06. The Morgan fingerprint density at radius 2 is 1.89 bits per heavy atom. The number of hydrogen-bond donors (Lipinski definition) is 1. The van der Waals surface area contributed by atoms with E-state index in [9.17, 15) is 4.79 Å². The summed E-state index contributed by atoms with van der Waals surface area (Å²) in [6.45, 7) is 1.59. The number of carbonyl (C=O) groups is 1. The molecule has 1 N–H and O–H groups in total.